The van der Waals surface area contributed by atoms with E-state index in [1.165, 1.54) is 46.3 Å². The van der Waals surface area contributed by atoms with Gasteiger partial charge in [-0.25, -0.2) is 12.8 Å². The van der Waals surface area contributed by atoms with Crippen molar-refractivity contribution in [1.29, 1.82) is 0 Å². The van der Waals surface area contributed by atoms with Crippen LogP contribution < -0.4 is 4.80 Å². The Kier molecular flexibility index (Phi) is 6.22. The van der Waals surface area contributed by atoms with Crippen LogP contribution in [0.4, 0.5) is 4.39 Å². The molecule has 0 aliphatic rings. The Labute approximate surface area is 178 Å². The number of amides is 1. The third-order valence-electron chi connectivity index (χ3n) is 4.60. The van der Waals surface area contributed by atoms with Crippen molar-refractivity contribution in [2.24, 2.45) is 4.99 Å². The first kappa shape index (κ1) is 21.9. The standard InChI is InChI=1S/C21H20FN3O3S2/c1-5-13-25-19-17(22)7-6-8-18(19)29-21(25)23-20(26)15-9-11-16(12-10-15)30(27,28)24(4)14(2)3/h1,6-12,14H,13H2,2-4H3. The van der Waals surface area contributed by atoms with Gasteiger partial charge in [0.15, 0.2) is 4.80 Å². The van der Waals surface area contributed by atoms with E-state index in [1.54, 1.807) is 26.0 Å². The van der Waals surface area contributed by atoms with Gasteiger partial charge in [0.05, 0.1) is 21.7 Å². The summed E-state index contributed by atoms with van der Waals surface area (Å²) in [5.74, 6) is 1.42. The summed E-state index contributed by atoms with van der Waals surface area (Å²) in [5, 5.41) is 0. The quantitative estimate of drug-likeness (QED) is 0.566. The van der Waals surface area contributed by atoms with E-state index in [2.05, 4.69) is 10.9 Å². The van der Waals surface area contributed by atoms with Crippen LogP contribution in [0.2, 0.25) is 0 Å². The number of carbonyl (C=O) groups is 1. The van der Waals surface area contributed by atoms with Gasteiger partial charge >= 0.3 is 0 Å². The molecule has 0 spiro atoms. The zero-order valence-corrected chi connectivity index (χ0v) is 18.3. The molecule has 1 heterocycles. The normalized spacial score (nSPS) is 12.6. The van der Waals surface area contributed by atoms with Crippen LogP contribution in [-0.2, 0) is 16.6 Å². The van der Waals surface area contributed by atoms with Crippen molar-refractivity contribution in [2.75, 3.05) is 7.05 Å². The van der Waals surface area contributed by atoms with Crippen molar-refractivity contribution in [3.63, 3.8) is 0 Å². The number of thiazole rings is 1. The van der Waals surface area contributed by atoms with Crippen LogP contribution in [0, 0.1) is 18.2 Å². The number of para-hydroxylation sites is 1. The number of halogens is 1. The van der Waals surface area contributed by atoms with Gasteiger partial charge in [0.2, 0.25) is 10.0 Å². The molecule has 3 rings (SSSR count). The fourth-order valence-electron chi connectivity index (χ4n) is 2.77. The van der Waals surface area contributed by atoms with E-state index in [1.807, 2.05) is 0 Å². The molecule has 0 saturated carbocycles. The molecule has 0 radical (unpaired) electrons. The predicted molar refractivity (Wildman–Crippen MR) is 115 cm³/mol. The van der Waals surface area contributed by atoms with Crippen LogP contribution in [-0.4, -0.2) is 36.3 Å². The number of hydrogen-bond donors (Lipinski definition) is 0. The number of rotatable bonds is 5. The van der Waals surface area contributed by atoms with E-state index in [-0.39, 0.29) is 27.8 Å². The lowest BCUT2D eigenvalue weighted by Crippen LogP contribution is -2.33. The van der Waals surface area contributed by atoms with Gasteiger partial charge in [0.1, 0.15) is 5.82 Å². The number of carbonyl (C=O) groups excluding carboxylic acids is 1. The first-order chi connectivity index (χ1) is 14.2. The van der Waals surface area contributed by atoms with E-state index in [9.17, 15) is 17.6 Å². The molecule has 2 aromatic carbocycles. The number of aromatic nitrogens is 1. The van der Waals surface area contributed by atoms with Gasteiger partial charge in [-0.05, 0) is 50.2 Å². The maximum atomic E-state index is 14.3. The zero-order chi connectivity index (χ0) is 22.1. The highest BCUT2D eigenvalue weighted by atomic mass is 32.2. The maximum absolute atomic E-state index is 14.3. The molecule has 1 aromatic heterocycles. The van der Waals surface area contributed by atoms with Crippen molar-refractivity contribution in [2.45, 2.75) is 31.3 Å². The van der Waals surface area contributed by atoms with Crippen LogP contribution >= 0.6 is 11.3 Å². The zero-order valence-electron chi connectivity index (χ0n) is 16.7. The largest absolute Gasteiger partial charge is 0.302 e. The number of terminal acetylenes is 1. The Hall–Kier alpha value is -2.80. The fraction of sp³-hybridized carbons (Fsp3) is 0.238. The molecule has 0 bridgehead atoms. The number of sulfonamides is 1. The molecule has 0 fully saturated rings. The average molecular weight is 446 g/mol. The molecule has 3 aromatic rings. The molecule has 9 heteroatoms. The number of nitrogens with zero attached hydrogens (tertiary/aromatic N) is 3. The molecule has 156 valence electrons. The number of benzene rings is 2. The van der Waals surface area contributed by atoms with Gasteiger partial charge in [-0.1, -0.05) is 23.3 Å². The Morgan fingerprint density at radius 2 is 1.93 bits per heavy atom. The first-order valence-electron chi connectivity index (χ1n) is 9.05. The van der Waals surface area contributed by atoms with Crippen LogP contribution in [0.25, 0.3) is 10.2 Å². The summed E-state index contributed by atoms with van der Waals surface area (Å²) in [5.41, 5.74) is 0.511. The topological polar surface area (TPSA) is 71.7 Å². The summed E-state index contributed by atoms with van der Waals surface area (Å²) in [6.07, 6.45) is 5.40. The lowest BCUT2D eigenvalue weighted by molar-refractivity contribution is 0.0997. The van der Waals surface area contributed by atoms with Gasteiger partial charge in [0.25, 0.3) is 5.91 Å². The molecular formula is C21H20FN3O3S2. The monoisotopic (exact) mass is 445 g/mol. The smallest absolute Gasteiger partial charge is 0.279 e. The summed E-state index contributed by atoms with van der Waals surface area (Å²) < 4.78 is 42.7. The molecule has 6 nitrogen and oxygen atoms in total. The molecule has 1 amide bonds. The SMILES string of the molecule is C#CCn1c(=NC(=O)c2ccc(S(=O)(=O)N(C)C(C)C)cc2)sc2cccc(F)c21. The highest BCUT2D eigenvalue weighted by molar-refractivity contribution is 7.89. The van der Waals surface area contributed by atoms with Crippen molar-refractivity contribution in [1.82, 2.24) is 8.87 Å². The van der Waals surface area contributed by atoms with Crippen molar-refractivity contribution >= 4 is 37.5 Å². The minimum absolute atomic E-state index is 0.0613. The molecule has 30 heavy (non-hydrogen) atoms. The Morgan fingerprint density at radius 3 is 2.53 bits per heavy atom. The van der Waals surface area contributed by atoms with E-state index < -0.39 is 21.7 Å². The van der Waals surface area contributed by atoms with Crippen LogP contribution in [0.1, 0.15) is 24.2 Å². The molecule has 0 N–H and O–H groups in total. The Morgan fingerprint density at radius 1 is 1.27 bits per heavy atom. The summed E-state index contributed by atoms with van der Waals surface area (Å²) in [6.45, 7) is 3.60. The third kappa shape index (κ3) is 4.07. The molecular weight excluding hydrogens is 425 g/mol. The highest BCUT2D eigenvalue weighted by Gasteiger charge is 2.23. The van der Waals surface area contributed by atoms with E-state index in [0.29, 0.717) is 10.2 Å². The summed E-state index contributed by atoms with van der Waals surface area (Å²) in [4.78, 5) is 17.1. The lowest BCUT2D eigenvalue weighted by atomic mass is 10.2. The van der Waals surface area contributed by atoms with Crippen molar-refractivity contribution in [3.8, 4) is 12.3 Å². The van der Waals surface area contributed by atoms with Gasteiger partial charge < -0.3 is 4.57 Å². The minimum Gasteiger partial charge on any atom is -0.302 e. The van der Waals surface area contributed by atoms with E-state index >= 15 is 0 Å². The fourth-order valence-corrected chi connectivity index (χ4v) is 5.18. The molecule has 0 saturated heterocycles. The summed E-state index contributed by atoms with van der Waals surface area (Å²) >= 11 is 1.15. The second-order valence-corrected chi connectivity index (χ2v) is 9.82. The van der Waals surface area contributed by atoms with Gasteiger partial charge in [-0.3, -0.25) is 4.79 Å². The van der Waals surface area contributed by atoms with Gasteiger partial charge in [0, 0.05) is 18.7 Å². The predicted octanol–water partition coefficient (Wildman–Crippen LogP) is 3.25. The van der Waals surface area contributed by atoms with Crippen molar-refractivity contribution < 1.29 is 17.6 Å². The van der Waals surface area contributed by atoms with Crippen molar-refractivity contribution in [3.05, 3.63) is 58.6 Å². The summed E-state index contributed by atoms with van der Waals surface area (Å²) in [7, 11) is -2.15. The molecule has 0 aliphatic heterocycles. The van der Waals surface area contributed by atoms with E-state index in [4.69, 9.17) is 6.42 Å². The van der Waals surface area contributed by atoms with Gasteiger partial charge in [-0.15, -0.1) is 6.42 Å². The van der Waals surface area contributed by atoms with Crippen LogP contribution in [0.15, 0.2) is 52.4 Å². The molecule has 0 unspecified atom stereocenters. The Bertz CT molecular complexity index is 1310. The molecule has 0 atom stereocenters. The summed E-state index contributed by atoms with van der Waals surface area (Å²) in [6, 6.07) is 9.98. The second kappa shape index (κ2) is 8.52. The highest BCUT2D eigenvalue weighted by Crippen LogP contribution is 2.21. The first-order valence-corrected chi connectivity index (χ1v) is 11.3. The molecule has 0 aliphatic carbocycles. The van der Waals surface area contributed by atoms with Gasteiger partial charge in [-0.2, -0.15) is 9.30 Å². The number of hydrogen-bond acceptors (Lipinski definition) is 4. The van der Waals surface area contributed by atoms with E-state index in [0.717, 1.165) is 11.3 Å². The maximum Gasteiger partial charge on any atom is 0.279 e. The third-order valence-corrected chi connectivity index (χ3v) is 7.70. The second-order valence-electron chi connectivity index (χ2n) is 6.82. The average Bonchev–Trinajstić information content (AvgIpc) is 3.06. The lowest BCUT2D eigenvalue weighted by Gasteiger charge is -2.20. The van der Waals surface area contributed by atoms with Crippen LogP contribution in [0.3, 0.4) is 0 Å². The Balaban J connectivity index is 2.01. The van der Waals surface area contributed by atoms with Crippen LogP contribution in [0.5, 0.6) is 0 Å². The number of fused-ring (bicyclic) bond motifs is 1. The minimum atomic E-state index is -3.65.